The first-order chi connectivity index (χ1) is 10.8. The number of sulfonamides is 1. The van der Waals surface area contributed by atoms with Gasteiger partial charge in [0.2, 0.25) is 10.0 Å². The number of benzene rings is 1. The Labute approximate surface area is 135 Å². The molecule has 23 heavy (non-hydrogen) atoms. The van der Waals surface area contributed by atoms with E-state index in [0.717, 1.165) is 12.8 Å². The van der Waals surface area contributed by atoms with Gasteiger partial charge in [0.15, 0.2) is 0 Å². The second-order valence-electron chi connectivity index (χ2n) is 6.39. The van der Waals surface area contributed by atoms with Crippen LogP contribution in [0.2, 0.25) is 0 Å². The van der Waals surface area contributed by atoms with Crippen LogP contribution in [0.25, 0.3) is 0 Å². The molecule has 1 aliphatic heterocycles. The molecule has 1 heterocycles. The molecular formula is C15H21N3O4S. The molecule has 126 valence electrons. The third-order valence-corrected chi connectivity index (χ3v) is 7.05. The van der Waals surface area contributed by atoms with Crippen LogP contribution in [-0.2, 0) is 16.4 Å². The summed E-state index contributed by atoms with van der Waals surface area (Å²) in [7, 11) is -3.73. The largest absolute Gasteiger partial charge is 0.327 e. The minimum atomic E-state index is -3.73. The van der Waals surface area contributed by atoms with E-state index in [0.29, 0.717) is 31.0 Å². The maximum absolute atomic E-state index is 13.0. The highest BCUT2D eigenvalue weighted by Crippen LogP contribution is 2.40. The standard InChI is InChI=1S/C15H21N3O4S/c1-2-10-3-5-12(18(19)20)7-15(10)23(21,22)17-8-11-4-6-14(16)13(11)9-17/h3,5,7,11,13-14H,2,4,6,8-9,16H2,1H3. The van der Waals surface area contributed by atoms with Crippen molar-refractivity contribution in [3.05, 3.63) is 33.9 Å². The van der Waals surface area contributed by atoms with Crippen molar-refractivity contribution >= 4 is 15.7 Å². The predicted octanol–water partition coefficient (Wildman–Crippen LogP) is 1.51. The molecule has 7 nitrogen and oxygen atoms in total. The number of nitro benzene ring substituents is 1. The first-order valence-corrected chi connectivity index (χ1v) is 9.31. The molecule has 0 aromatic heterocycles. The van der Waals surface area contributed by atoms with Crippen LogP contribution in [0.5, 0.6) is 0 Å². The van der Waals surface area contributed by atoms with E-state index in [9.17, 15) is 18.5 Å². The van der Waals surface area contributed by atoms with Crippen molar-refractivity contribution in [2.75, 3.05) is 13.1 Å². The fraction of sp³-hybridized carbons (Fsp3) is 0.600. The average Bonchev–Trinajstić information content (AvgIpc) is 3.09. The summed E-state index contributed by atoms with van der Waals surface area (Å²) in [6.45, 7) is 2.72. The summed E-state index contributed by atoms with van der Waals surface area (Å²) in [5.41, 5.74) is 6.48. The van der Waals surface area contributed by atoms with Crippen molar-refractivity contribution in [3.8, 4) is 0 Å². The van der Waals surface area contributed by atoms with Crippen LogP contribution in [0.4, 0.5) is 5.69 Å². The molecule has 0 radical (unpaired) electrons. The lowest BCUT2D eigenvalue weighted by atomic mass is 9.98. The Bertz CT molecular complexity index is 734. The van der Waals surface area contributed by atoms with Crippen molar-refractivity contribution < 1.29 is 13.3 Å². The van der Waals surface area contributed by atoms with Gasteiger partial charge in [-0.3, -0.25) is 10.1 Å². The number of nitrogens with two attached hydrogens (primary N) is 1. The quantitative estimate of drug-likeness (QED) is 0.661. The third-order valence-electron chi connectivity index (χ3n) is 5.14. The summed E-state index contributed by atoms with van der Waals surface area (Å²) < 4.78 is 27.4. The molecule has 3 unspecified atom stereocenters. The van der Waals surface area contributed by atoms with Crippen LogP contribution in [0.1, 0.15) is 25.3 Å². The molecule has 2 aliphatic rings. The van der Waals surface area contributed by atoms with Crippen LogP contribution in [0, 0.1) is 22.0 Å². The summed E-state index contributed by atoms with van der Waals surface area (Å²) in [4.78, 5) is 10.5. The highest BCUT2D eigenvalue weighted by atomic mass is 32.2. The van der Waals surface area contributed by atoms with E-state index >= 15 is 0 Å². The molecule has 3 rings (SSSR count). The molecule has 1 aromatic rings. The number of hydrogen-bond donors (Lipinski definition) is 1. The van der Waals surface area contributed by atoms with Crippen LogP contribution >= 0.6 is 0 Å². The van der Waals surface area contributed by atoms with E-state index in [2.05, 4.69) is 0 Å². The Hall–Kier alpha value is -1.51. The Balaban J connectivity index is 1.97. The summed E-state index contributed by atoms with van der Waals surface area (Å²) >= 11 is 0. The second-order valence-corrected chi connectivity index (χ2v) is 8.30. The zero-order valence-electron chi connectivity index (χ0n) is 13.0. The Kier molecular flexibility index (Phi) is 4.16. The number of hydrogen-bond acceptors (Lipinski definition) is 5. The highest BCUT2D eigenvalue weighted by molar-refractivity contribution is 7.89. The smallest absolute Gasteiger partial charge is 0.270 e. The van der Waals surface area contributed by atoms with E-state index in [1.807, 2.05) is 6.92 Å². The van der Waals surface area contributed by atoms with Crippen molar-refractivity contribution in [2.24, 2.45) is 17.6 Å². The van der Waals surface area contributed by atoms with Gasteiger partial charge in [-0.05, 0) is 36.7 Å². The van der Waals surface area contributed by atoms with Gasteiger partial charge in [0.1, 0.15) is 0 Å². The summed E-state index contributed by atoms with van der Waals surface area (Å²) in [6, 6.07) is 4.12. The van der Waals surface area contributed by atoms with Gasteiger partial charge < -0.3 is 5.73 Å². The number of non-ortho nitro benzene ring substituents is 1. The molecule has 0 amide bonds. The molecule has 1 saturated carbocycles. The molecule has 1 aromatic carbocycles. The van der Waals surface area contributed by atoms with Gasteiger partial charge in [0, 0.05) is 31.3 Å². The Morgan fingerprint density at radius 2 is 2.09 bits per heavy atom. The molecule has 8 heteroatoms. The van der Waals surface area contributed by atoms with Gasteiger partial charge in [-0.15, -0.1) is 0 Å². The lowest BCUT2D eigenvalue weighted by Gasteiger charge is -2.20. The highest BCUT2D eigenvalue weighted by Gasteiger charge is 2.45. The zero-order chi connectivity index (χ0) is 16.8. The zero-order valence-corrected chi connectivity index (χ0v) is 13.8. The summed E-state index contributed by atoms with van der Waals surface area (Å²) in [5.74, 6) is 0.511. The van der Waals surface area contributed by atoms with Gasteiger partial charge in [-0.1, -0.05) is 13.0 Å². The van der Waals surface area contributed by atoms with E-state index in [-0.39, 0.29) is 22.5 Å². The van der Waals surface area contributed by atoms with E-state index in [4.69, 9.17) is 5.73 Å². The maximum Gasteiger partial charge on any atom is 0.270 e. The number of fused-ring (bicyclic) bond motifs is 1. The molecule has 1 saturated heterocycles. The molecule has 0 bridgehead atoms. The van der Waals surface area contributed by atoms with Crippen LogP contribution in [0.15, 0.2) is 23.1 Å². The molecule has 0 spiro atoms. The van der Waals surface area contributed by atoms with E-state index < -0.39 is 14.9 Å². The van der Waals surface area contributed by atoms with Gasteiger partial charge in [0.05, 0.1) is 9.82 Å². The van der Waals surface area contributed by atoms with Gasteiger partial charge in [-0.2, -0.15) is 4.31 Å². The number of nitro groups is 1. The molecule has 3 atom stereocenters. The molecule has 2 N–H and O–H groups in total. The molecule has 2 fully saturated rings. The minimum Gasteiger partial charge on any atom is -0.327 e. The summed E-state index contributed by atoms with van der Waals surface area (Å²) in [5, 5.41) is 11.0. The SMILES string of the molecule is CCc1ccc([N+](=O)[O-])cc1S(=O)(=O)N1CC2CCC(N)C2C1. The monoisotopic (exact) mass is 339 g/mol. The van der Waals surface area contributed by atoms with E-state index in [1.165, 1.54) is 22.5 Å². The third kappa shape index (κ3) is 2.75. The summed E-state index contributed by atoms with van der Waals surface area (Å²) in [6.07, 6.45) is 2.40. The second kappa shape index (κ2) is 5.85. The first kappa shape index (κ1) is 16.4. The first-order valence-electron chi connectivity index (χ1n) is 7.87. The number of aryl methyl sites for hydroxylation is 1. The van der Waals surface area contributed by atoms with Gasteiger partial charge >= 0.3 is 0 Å². The van der Waals surface area contributed by atoms with Crippen molar-refractivity contribution in [2.45, 2.75) is 37.1 Å². The number of nitrogens with zero attached hydrogens (tertiary/aromatic N) is 2. The number of rotatable bonds is 4. The van der Waals surface area contributed by atoms with E-state index in [1.54, 1.807) is 0 Å². The van der Waals surface area contributed by atoms with Crippen molar-refractivity contribution in [3.63, 3.8) is 0 Å². The van der Waals surface area contributed by atoms with Crippen LogP contribution < -0.4 is 5.73 Å². The topological polar surface area (TPSA) is 107 Å². The Morgan fingerprint density at radius 1 is 1.35 bits per heavy atom. The lowest BCUT2D eigenvalue weighted by Crippen LogP contribution is -2.34. The average molecular weight is 339 g/mol. The lowest BCUT2D eigenvalue weighted by molar-refractivity contribution is -0.385. The van der Waals surface area contributed by atoms with Crippen LogP contribution in [0.3, 0.4) is 0 Å². The maximum atomic E-state index is 13.0. The Morgan fingerprint density at radius 3 is 2.70 bits per heavy atom. The van der Waals surface area contributed by atoms with Gasteiger partial charge in [0.25, 0.3) is 5.69 Å². The van der Waals surface area contributed by atoms with Crippen LogP contribution in [-0.4, -0.2) is 36.8 Å². The van der Waals surface area contributed by atoms with Crippen molar-refractivity contribution in [1.82, 2.24) is 4.31 Å². The van der Waals surface area contributed by atoms with Crippen molar-refractivity contribution in [1.29, 1.82) is 0 Å². The van der Waals surface area contributed by atoms with Gasteiger partial charge in [-0.25, -0.2) is 8.42 Å². The molecule has 1 aliphatic carbocycles. The fourth-order valence-corrected chi connectivity index (χ4v) is 5.64. The minimum absolute atomic E-state index is 0.0518. The normalized spacial score (nSPS) is 28.0. The fourth-order valence-electron chi connectivity index (χ4n) is 3.79. The predicted molar refractivity (Wildman–Crippen MR) is 85.4 cm³/mol. The molecular weight excluding hydrogens is 318 g/mol.